The van der Waals surface area contributed by atoms with Crippen molar-refractivity contribution in [3.05, 3.63) is 65.7 Å². The maximum absolute atomic E-state index is 13.3. The fourth-order valence-electron chi connectivity index (χ4n) is 2.77. The molecule has 0 aliphatic carbocycles. The average Bonchev–Trinajstić information content (AvgIpc) is 2.58. The van der Waals surface area contributed by atoms with Crippen LogP contribution in [0.1, 0.15) is 11.6 Å². The zero-order chi connectivity index (χ0) is 18.0. The van der Waals surface area contributed by atoms with Gasteiger partial charge in [0.2, 0.25) is 5.91 Å². The van der Waals surface area contributed by atoms with Crippen molar-refractivity contribution in [3.63, 3.8) is 0 Å². The third-order valence-electron chi connectivity index (χ3n) is 4.05. The zero-order valence-corrected chi connectivity index (χ0v) is 13.4. The summed E-state index contributed by atoms with van der Waals surface area (Å²) in [5, 5.41) is 2.58. The molecule has 2 aromatic rings. The van der Waals surface area contributed by atoms with E-state index in [0.29, 0.717) is 5.56 Å². The van der Waals surface area contributed by atoms with Crippen molar-refractivity contribution in [2.24, 2.45) is 0 Å². The number of likely N-dealkylation sites (N-methyl/N-ethyl adjacent to an activating group) is 1. The number of amides is 2. The predicted molar refractivity (Wildman–Crippen MR) is 86.7 cm³/mol. The van der Waals surface area contributed by atoms with E-state index < -0.39 is 29.7 Å². The lowest BCUT2D eigenvalue weighted by molar-refractivity contribution is -0.160. The number of carbonyl (C=O) groups excluding carboxylic acids is 2. The fourth-order valence-corrected chi connectivity index (χ4v) is 2.77. The second-order valence-corrected chi connectivity index (χ2v) is 5.73. The number of nitrogens with one attached hydrogen (secondary N) is 1. The summed E-state index contributed by atoms with van der Waals surface area (Å²) in [6.45, 7) is -0.241. The molecular weight excluding hydrogens is 330 g/mol. The highest BCUT2D eigenvalue weighted by Crippen LogP contribution is 2.30. The summed E-state index contributed by atoms with van der Waals surface area (Å²) in [7, 11) is 1.56. The number of halogens is 2. The van der Waals surface area contributed by atoms with E-state index in [4.69, 9.17) is 4.74 Å². The minimum atomic E-state index is -1.00. The Bertz CT molecular complexity index is 795. The van der Waals surface area contributed by atoms with Gasteiger partial charge in [0.1, 0.15) is 18.2 Å². The van der Waals surface area contributed by atoms with Gasteiger partial charge in [-0.05, 0) is 35.9 Å². The topological polar surface area (TPSA) is 58.6 Å². The molecule has 1 heterocycles. The monoisotopic (exact) mass is 346 g/mol. The third kappa shape index (κ3) is 3.66. The fraction of sp³-hybridized carbons (Fsp3) is 0.222. The molecule has 0 aromatic heterocycles. The van der Waals surface area contributed by atoms with Gasteiger partial charge in [-0.2, -0.15) is 0 Å². The summed E-state index contributed by atoms with van der Waals surface area (Å²) >= 11 is 0. The molecule has 2 atom stereocenters. The van der Waals surface area contributed by atoms with Crippen molar-refractivity contribution >= 4 is 17.5 Å². The molecule has 7 heteroatoms. The van der Waals surface area contributed by atoms with Gasteiger partial charge in [0.15, 0.2) is 6.10 Å². The summed E-state index contributed by atoms with van der Waals surface area (Å²) < 4.78 is 31.9. The maximum Gasteiger partial charge on any atom is 0.256 e. The molecule has 0 spiro atoms. The summed E-state index contributed by atoms with van der Waals surface area (Å²) in [5.41, 5.74) is 0.849. The van der Waals surface area contributed by atoms with Crippen LogP contribution in [-0.4, -0.2) is 36.5 Å². The lowest BCUT2D eigenvalue weighted by Crippen LogP contribution is -2.51. The molecule has 1 aliphatic heterocycles. The number of hydrogen-bond donors (Lipinski definition) is 1. The Hall–Kier alpha value is -2.80. The molecule has 3 rings (SSSR count). The van der Waals surface area contributed by atoms with Gasteiger partial charge in [-0.1, -0.05) is 18.2 Å². The normalized spacial score (nSPS) is 20.4. The van der Waals surface area contributed by atoms with Crippen molar-refractivity contribution in [1.29, 1.82) is 0 Å². The van der Waals surface area contributed by atoms with Gasteiger partial charge in [0.05, 0.1) is 6.04 Å². The Kier molecular flexibility index (Phi) is 4.76. The number of ether oxygens (including phenoxy) is 1. The molecule has 2 aromatic carbocycles. The quantitative estimate of drug-likeness (QED) is 0.929. The van der Waals surface area contributed by atoms with Crippen molar-refractivity contribution in [2.75, 3.05) is 19.0 Å². The predicted octanol–water partition coefficient (Wildman–Crippen LogP) is 2.50. The average molecular weight is 346 g/mol. The van der Waals surface area contributed by atoms with E-state index >= 15 is 0 Å². The molecule has 1 saturated heterocycles. The van der Waals surface area contributed by atoms with Crippen LogP contribution in [0.15, 0.2) is 48.5 Å². The number of morpholine rings is 1. The Morgan fingerprint density at radius 3 is 2.56 bits per heavy atom. The van der Waals surface area contributed by atoms with Crippen LogP contribution in [0, 0.1) is 11.6 Å². The van der Waals surface area contributed by atoms with Gasteiger partial charge in [-0.3, -0.25) is 9.59 Å². The Morgan fingerprint density at radius 1 is 1.16 bits per heavy atom. The number of anilines is 1. The van der Waals surface area contributed by atoms with E-state index in [1.807, 2.05) is 0 Å². The van der Waals surface area contributed by atoms with Crippen LogP contribution < -0.4 is 5.32 Å². The van der Waals surface area contributed by atoms with Crippen LogP contribution in [0.4, 0.5) is 14.5 Å². The number of rotatable bonds is 3. The van der Waals surface area contributed by atoms with Crippen LogP contribution in [-0.2, 0) is 14.3 Å². The van der Waals surface area contributed by atoms with Crippen LogP contribution in [0.5, 0.6) is 0 Å². The molecule has 0 bridgehead atoms. The summed E-state index contributed by atoms with van der Waals surface area (Å²) in [6.07, 6.45) is -1.00. The summed E-state index contributed by atoms with van der Waals surface area (Å²) in [5.74, 6) is -1.71. The zero-order valence-electron chi connectivity index (χ0n) is 13.4. The highest BCUT2D eigenvalue weighted by Gasteiger charge is 2.40. The van der Waals surface area contributed by atoms with Crippen LogP contribution in [0.25, 0.3) is 0 Å². The van der Waals surface area contributed by atoms with Crippen molar-refractivity contribution in [1.82, 2.24) is 4.90 Å². The molecule has 1 aliphatic rings. The van der Waals surface area contributed by atoms with Crippen molar-refractivity contribution < 1.29 is 23.1 Å². The molecule has 25 heavy (non-hydrogen) atoms. The van der Waals surface area contributed by atoms with E-state index in [1.54, 1.807) is 13.1 Å². The van der Waals surface area contributed by atoms with Gasteiger partial charge in [0, 0.05) is 12.7 Å². The third-order valence-corrected chi connectivity index (χ3v) is 4.05. The van der Waals surface area contributed by atoms with Crippen LogP contribution in [0.3, 0.4) is 0 Å². The molecule has 1 fully saturated rings. The SMILES string of the molecule is CN1C(=O)CO[C@@H](C(=O)Nc2cccc(F)c2)[C@@H]1c1ccc(F)cc1. The first-order valence-corrected chi connectivity index (χ1v) is 7.65. The van der Waals surface area contributed by atoms with Gasteiger partial charge in [-0.15, -0.1) is 0 Å². The Labute approximate surface area is 143 Å². The van der Waals surface area contributed by atoms with Crippen LogP contribution in [0.2, 0.25) is 0 Å². The lowest BCUT2D eigenvalue weighted by Gasteiger charge is -2.38. The smallest absolute Gasteiger partial charge is 0.256 e. The molecule has 1 N–H and O–H groups in total. The summed E-state index contributed by atoms with van der Waals surface area (Å²) in [4.78, 5) is 26.0. The minimum absolute atomic E-state index is 0.241. The van der Waals surface area contributed by atoms with Crippen LogP contribution >= 0.6 is 0 Å². The summed E-state index contributed by atoms with van der Waals surface area (Å²) in [6, 6.07) is 10.3. The number of nitrogens with zero attached hydrogens (tertiary/aromatic N) is 1. The first-order valence-electron chi connectivity index (χ1n) is 7.65. The Balaban J connectivity index is 1.87. The highest BCUT2D eigenvalue weighted by atomic mass is 19.1. The van der Waals surface area contributed by atoms with E-state index in [2.05, 4.69) is 5.32 Å². The van der Waals surface area contributed by atoms with Crippen molar-refractivity contribution in [3.8, 4) is 0 Å². The molecule has 5 nitrogen and oxygen atoms in total. The minimum Gasteiger partial charge on any atom is -0.356 e. The van der Waals surface area contributed by atoms with Gasteiger partial charge < -0.3 is 15.0 Å². The van der Waals surface area contributed by atoms with Gasteiger partial charge in [0.25, 0.3) is 5.91 Å². The number of hydrogen-bond acceptors (Lipinski definition) is 3. The van der Waals surface area contributed by atoms with E-state index in [0.717, 1.165) is 0 Å². The molecule has 0 radical (unpaired) electrons. The first kappa shape index (κ1) is 17.0. The van der Waals surface area contributed by atoms with Gasteiger partial charge >= 0.3 is 0 Å². The van der Waals surface area contributed by atoms with E-state index in [1.165, 1.54) is 47.4 Å². The molecule has 0 unspecified atom stereocenters. The highest BCUT2D eigenvalue weighted by molar-refractivity contribution is 5.96. The second kappa shape index (κ2) is 6.98. The van der Waals surface area contributed by atoms with E-state index in [9.17, 15) is 18.4 Å². The van der Waals surface area contributed by atoms with Crippen molar-refractivity contribution in [2.45, 2.75) is 12.1 Å². The van der Waals surface area contributed by atoms with E-state index in [-0.39, 0.29) is 18.2 Å². The number of carbonyl (C=O) groups is 2. The standard InChI is InChI=1S/C18H16F2N2O3/c1-22-15(23)10-25-17(16(22)11-5-7-12(19)8-6-11)18(24)21-14-4-2-3-13(20)9-14/h2-9,16-17H,10H2,1H3,(H,21,24)/t16-,17+/m0/s1. The molecule has 2 amide bonds. The second-order valence-electron chi connectivity index (χ2n) is 5.73. The first-order chi connectivity index (χ1) is 12.0. The maximum atomic E-state index is 13.3. The number of benzene rings is 2. The molecular formula is C18H16F2N2O3. The molecule has 130 valence electrons. The largest absolute Gasteiger partial charge is 0.356 e. The van der Waals surface area contributed by atoms with Gasteiger partial charge in [-0.25, -0.2) is 8.78 Å². The lowest BCUT2D eigenvalue weighted by atomic mass is 9.97. The molecule has 0 saturated carbocycles. The Morgan fingerprint density at radius 2 is 1.88 bits per heavy atom.